The van der Waals surface area contributed by atoms with Gasteiger partial charge in [0.1, 0.15) is 22.2 Å². The Labute approximate surface area is 201 Å². The predicted molar refractivity (Wildman–Crippen MR) is 131 cm³/mol. The lowest BCUT2D eigenvalue weighted by atomic mass is 10.0. The van der Waals surface area contributed by atoms with Crippen molar-refractivity contribution in [3.8, 4) is 10.7 Å². The van der Waals surface area contributed by atoms with Gasteiger partial charge in [-0.05, 0) is 44.9 Å². The molecule has 1 amide bonds. The molecule has 1 aliphatic rings. The van der Waals surface area contributed by atoms with Crippen LogP contribution in [0.25, 0.3) is 10.7 Å². The van der Waals surface area contributed by atoms with Gasteiger partial charge in [-0.15, -0.1) is 11.3 Å². The van der Waals surface area contributed by atoms with E-state index in [1.165, 1.54) is 11.3 Å². The molecule has 0 saturated carbocycles. The molecule has 1 aliphatic heterocycles. The highest BCUT2D eigenvalue weighted by molar-refractivity contribution is 7.15. The number of fused-ring (bicyclic) bond motifs is 1. The van der Waals surface area contributed by atoms with Crippen LogP contribution in [-0.2, 0) is 25.6 Å². The Morgan fingerprint density at radius 1 is 1.12 bits per heavy atom. The molecule has 4 aromatic heterocycles. The number of aryl methyl sites for hydroxylation is 3. The van der Waals surface area contributed by atoms with Crippen LogP contribution in [-0.4, -0.2) is 40.5 Å². The molecule has 0 bridgehead atoms. The number of amides is 1. The first kappa shape index (κ1) is 22.1. The van der Waals surface area contributed by atoms with Crippen molar-refractivity contribution < 1.29 is 4.79 Å². The summed E-state index contributed by atoms with van der Waals surface area (Å²) in [4.78, 5) is 34.8. The van der Waals surface area contributed by atoms with Crippen molar-refractivity contribution in [1.82, 2.24) is 34.6 Å². The summed E-state index contributed by atoms with van der Waals surface area (Å²) >= 11 is 1.52. The van der Waals surface area contributed by atoms with Crippen LogP contribution in [0.15, 0.2) is 36.7 Å². The molecule has 0 aliphatic carbocycles. The van der Waals surface area contributed by atoms with E-state index in [9.17, 15) is 4.79 Å². The van der Waals surface area contributed by atoms with Crippen molar-refractivity contribution in [2.75, 3.05) is 5.32 Å². The molecule has 0 unspecified atom stereocenters. The molecule has 174 valence electrons. The Morgan fingerprint density at radius 3 is 2.62 bits per heavy atom. The standard InChI is InChI=1S/C24H26N8OS/c1-6-15-12-25-23(28-17-10-11-26-31(17)5)30-18(15)21-29-19-20(34-21)24(3,4)32(22(19)33)13-16-9-7-8-14(2)27-16/h7-12H,6,13H2,1-5H3,(H,25,28,30). The third-order valence-corrected chi connectivity index (χ3v) is 7.46. The SMILES string of the molecule is CCc1cnc(Nc2ccnn2C)nc1-c1nc2c(s1)C(C)(C)N(Cc1cccc(C)n1)C2=O. The van der Waals surface area contributed by atoms with Gasteiger partial charge in [0.05, 0.1) is 28.9 Å². The van der Waals surface area contributed by atoms with E-state index >= 15 is 0 Å². The minimum atomic E-state index is -0.497. The van der Waals surface area contributed by atoms with Crippen molar-refractivity contribution in [3.63, 3.8) is 0 Å². The summed E-state index contributed by atoms with van der Waals surface area (Å²) in [6.45, 7) is 8.58. The quantitative estimate of drug-likeness (QED) is 0.446. The van der Waals surface area contributed by atoms with E-state index in [0.29, 0.717) is 18.2 Å². The van der Waals surface area contributed by atoms with Crippen LogP contribution < -0.4 is 5.32 Å². The number of hydrogen-bond donors (Lipinski definition) is 1. The molecular weight excluding hydrogens is 448 g/mol. The topological polar surface area (TPSA) is 102 Å². The van der Waals surface area contributed by atoms with Gasteiger partial charge in [-0.1, -0.05) is 13.0 Å². The largest absolute Gasteiger partial charge is 0.321 e. The number of pyridine rings is 1. The van der Waals surface area contributed by atoms with E-state index in [2.05, 4.69) is 41.2 Å². The molecule has 0 atom stereocenters. The van der Waals surface area contributed by atoms with Gasteiger partial charge in [-0.2, -0.15) is 5.10 Å². The molecule has 5 heterocycles. The number of thiazole rings is 1. The van der Waals surface area contributed by atoms with E-state index in [-0.39, 0.29) is 5.91 Å². The average Bonchev–Trinajstić information content (AvgIpc) is 3.47. The van der Waals surface area contributed by atoms with Gasteiger partial charge in [0.15, 0.2) is 0 Å². The summed E-state index contributed by atoms with van der Waals surface area (Å²) in [5, 5.41) is 8.10. The lowest BCUT2D eigenvalue weighted by Gasteiger charge is -2.31. The number of anilines is 2. The van der Waals surface area contributed by atoms with E-state index < -0.39 is 5.54 Å². The van der Waals surface area contributed by atoms with Crippen LogP contribution in [0.4, 0.5) is 11.8 Å². The summed E-state index contributed by atoms with van der Waals surface area (Å²) in [6, 6.07) is 7.73. The van der Waals surface area contributed by atoms with Gasteiger partial charge in [0, 0.05) is 25.0 Å². The third-order valence-electron chi connectivity index (χ3n) is 6.08. The van der Waals surface area contributed by atoms with Crippen LogP contribution in [0.3, 0.4) is 0 Å². The molecule has 0 saturated heterocycles. The second-order valence-corrected chi connectivity index (χ2v) is 9.80. The zero-order valence-corrected chi connectivity index (χ0v) is 20.6. The molecule has 0 spiro atoms. The van der Waals surface area contributed by atoms with Gasteiger partial charge in [0.25, 0.3) is 5.91 Å². The average molecular weight is 475 g/mol. The summed E-state index contributed by atoms with van der Waals surface area (Å²) in [6.07, 6.45) is 4.28. The summed E-state index contributed by atoms with van der Waals surface area (Å²) in [5.74, 6) is 1.17. The van der Waals surface area contributed by atoms with Crippen LogP contribution in [0.2, 0.25) is 0 Å². The number of hydrogen-bond acceptors (Lipinski definition) is 8. The maximum absolute atomic E-state index is 13.4. The Morgan fingerprint density at radius 2 is 1.94 bits per heavy atom. The maximum Gasteiger partial charge on any atom is 0.274 e. The van der Waals surface area contributed by atoms with Gasteiger partial charge >= 0.3 is 0 Å². The monoisotopic (exact) mass is 474 g/mol. The second-order valence-electron chi connectivity index (χ2n) is 8.80. The first-order chi connectivity index (χ1) is 16.3. The summed E-state index contributed by atoms with van der Waals surface area (Å²) < 4.78 is 1.72. The van der Waals surface area contributed by atoms with E-state index in [1.54, 1.807) is 10.9 Å². The van der Waals surface area contributed by atoms with E-state index in [4.69, 9.17) is 9.97 Å². The Kier molecular flexibility index (Phi) is 5.40. The van der Waals surface area contributed by atoms with Crippen LogP contribution in [0.5, 0.6) is 0 Å². The number of aromatic nitrogens is 6. The van der Waals surface area contributed by atoms with Gasteiger partial charge in [-0.3, -0.25) is 14.5 Å². The molecule has 5 rings (SSSR count). The first-order valence-electron chi connectivity index (χ1n) is 11.1. The Bertz CT molecular complexity index is 1390. The maximum atomic E-state index is 13.4. The molecule has 1 N–H and O–H groups in total. The number of nitrogens with one attached hydrogen (secondary N) is 1. The van der Waals surface area contributed by atoms with Gasteiger partial charge in [-0.25, -0.2) is 15.0 Å². The lowest BCUT2D eigenvalue weighted by Crippen LogP contribution is -2.38. The van der Waals surface area contributed by atoms with Gasteiger partial charge in [0.2, 0.25) is 5.95 Å². The Balaban J connectivity index is 1.48. The molecule has 0 radical (unpaired) electrons. The highest BCUT2D eigenvalue weighted by atomic mass is 32.1. The van der Waals surface area contributed by atoms with Crippen molar-refractivity contribution in [3.05, 3.63) is 64.2 Å². The fourth-order valence-corrected chi connectivity index (χ4v) is 5.32. The van der Waals surface area contributed by atoms with Crippen molar-refractivity contribution in [1.29, 1.82) is 0 Å². The lowest BCUT2D eigenvalue weighted by molar-refractivity contribution is 0.0591. The minimum Gasteiger partial charge on any atom is -0.321 e. The fraction of sp³-hybridized carbons (Fsp3) is 0.333. The number of rotatable bonds is 6. The number of carbonyl (C=O) groups excluding carboxylic acids is 1. The molecule has 9 nitrogen and oxygen atoms in total. The Hall–Kier alpha value is -3.66. The van der Waals surface area contributed by atoms with Crippen LogP contribution in [0, 0.1) is 6.92 Å². The third kappa shape index (κ3) is 3.73. The fourth-order valence-electron chi connectivity index (χ4n) is 4.13. The molecule has 4 aromatic rings. The molecule has 0 aromatic carbocycles. The minimum absolute atomic E-state index is 0.0776. The van der Waals surface area contributed by atoms with Gasteiger partial charge < -0.3 is 10.2 Å². The molecular formula is C24H26N8OS. The molecule has 0 fully saturated rings. The number of carbonyl (C=O) groups is 1. The molecule has 10 heteroatoms. The van der Waals surface area contributed by atoms with Crippen LogP contribution >= 0.6 is 11.3 Å². The van der Waals surface area contributed by atoms with Crippen molar-refractivity contribution in [2.45, 2.75) is 46.2 Å². The van der Waals surface area contributed by atoms with Crippen molar-refractivity contribution in [2.24, 2.45) is 7.05 Å². The second kappa shape index (κ2) is 8.28. The first-order valence-corrected chi connectivity index (χ1v) is 12.0. The number of nitrogens with zero attached hydrogens (tertiary/aromatic N) is 7. The smallest absolute Gasteiger partial charge is 0.274 e. The zero-order chi connectivity index (χ0) is 24.0. The zero-order valence-electron chi connectivity index (χ0n) is 19.8. The highest BCUT2D eigenvalue weighted by Gasteiger charge is 2.46. The van der Waals surface area contributed by atoms with Crippen molar-refractivity contribution >= 4 is 29.0 Å². The van der Waals surface area contributed by atoms with Crippen LogP contribution in [0.1, 0.15) is 53.1 Å². The predicted octanol–water partition coefficient (Wildman–Crippen LogP) is 4.23. The van der Waals surface area contributed by atoms with E-state index in [0.717, 1.165) is 44.8 Å². The normalized spacial score (nSPS) is 14.5. The molecule has 34 heavy (non-hydrogen) atoms. The summed E-state index contributed by atoms with van der Waals surface area (Å²) in [5.41, 5.74) is 3.53. The van der Waals surface area contributed by atoms with E-state index in [1.807, 2.05) is 49.3 Å². The summed E-state index contributed by atoms with van der Waals surface area (Å²) in [7, 11) is 1.85. The highest BCUT2D eigenvalue weighted by Crippen LogP contribution is 2.45.